The van der Waals surface area contributed by atoms with E-state index in [0.717, 1.165) is 23.3 Å². The highest BCUT2D eigenvalue weighted by Gasteiger charge is 2.22. The molecule has 4 aromatic rings. The average Bonchev–Trinajstić information content (AvgIpc) is 3.09. The van der Waals surface area contributed by atoms with Crippen molar-refractivity contribution in [3.05, 3.63) is 72.7 Å². The number of aromatic nitrogens is 4. The second kappa shape index (κ2) is 7.57. The van der Waals surface area contributed by atoms with Crippen molar-refractivity contribution in [3.63, 3.8) is 0 Å². The van der Waals surface area contributed by atoms with Crippen LogP contribution in [0.2, 0.25) is 0 Å². The lowest BCUT2D eigenvalue weighted by Crippen LogP contribution is -2.12. The molecule has 0 saturated carbocycles. The number of ether oxygens (including phenoxy) is 1. The summed E-state index contributed by atoms with van der Waals surface area (Å²) in [6.45, 7) is 0.480. The van der Waals surface area contributed by atoms with Crippen LogP contribution < -0.4 is 10.1 Å². The molecule has 0 spiro atoms. The third-order valence-electron chi connectivity index (χ3n) is 4.19. The zero-order valence-electron chi connectivity index (χ0n) is 15.3. The molecule has 0 atom stereocenters. The lowest BCUT2D eigenvalue weighted by atomic mass is 10.1. The maximum Gasteiger partial charge on any atom is 0.322 e. The Labute approximate surface area is 166 Å². The smallest absolute Gasteiger partial charge is 0.322 e. The van der Waals surface area contributed by atoms with Gasteiger partial charge < -0.3 is 10.1 Å². The maximum absolute atomic E-state index is 13.2. The summed E-state index contributed by atoms with van der Waals surface area (Å²) in [6, 6.07) is 8.02. The Bertz CT molecular complexity index is 1260. The van der Waals surface area contributed by atoms with Gasteiger partial charge in [0, 0.05) is 36.6 Å². The highest BCUT2D eigenvalue weighted by molar-refractivity contribution is 7.90. The minimum Gasteiger partial charge on any atom is -0.424 e. The SMILES string of the molecule is CNCc1cn(S(=O)(=O)c2cccnc2)c2cc(Oc3ncc(F)cn3)ccc12. The molecular weight excluding hydrogens is 397 g/mol. The van der Waals surface area contributed by atoms with Gasteiger partial charge in [-0.1, -0.05) is 0 Å². The fourth-order valence-electron chi connectivity index (χ4n) is 2.91. The molecule has 0 bridgehead atoms. The van der Waals surface area contributed by atoms with Gasteiger partial charge in [-0.05, 0) is 36.9 Å². The van der Waals surface area contributed by atoms with Crippen LogP contribution in [0.3, 0.4) is 0 Å². The summed E-state index contributed by atoms with van der Waals surface area (Å²) >= 11 is 0. The topological polar surface area (TPSA) is 99.0 Å². The number of benzene rings is 1. The van der Waals surface area contributed by atoms with Crippen LogP contribution in [0.5, 0.6) is 11.8 Å². The Balaban J connectivity index is 1.84. The maximum atomic E-state index is 13.2. The fourth-order valence-corrected chi connectivity index (χ4v) is 4.26. The van der Waals surface area contributed by atoms with E-state index in [1.165, 1.54) is 22.4 Å². The Kier molecular flexibility index (Phi) is 4.95. The van der Waals surface area contributed by atoms with Crippen LogP contribution in [0.4, 0.5) is 4.39 Å². The van der Waals surface area contributed by atoms with E-state index in [0.29, 0.717) is 17.8 Å². The molecule has 0 aliphatic carbocycles. The second-order valence-electron chi connectivity index (χ2n) is 6.14. The zero-order chi connectivity index (χ0) is 20.4. The molecule has 0 amide bonds. The summed E-state index contributed by atoms with van der Waals surface area (Å²) in [4.78, 5) is 11.5. The van der Waals surface area contributed by atoms with Crippen molar-refractivity contribution in [2.45, 2.75) is 11.4 Å². The fraction of sp³-hybridized carbons (Fsp3) is 0.105. The Hall–Kier alpha value is -3.37. The summed E-state index contributed by atoms with van der Waals surface area (Å²) in [6.07, 6.45) is 6.35. The highest BCUT2D eigenvalue weighted by atomic mass is 32.2. The standard InChI is InChI=1S/C19H16FN5O3S/c1-21-8-13-12-25(29(26,27)16-3-2-6-22-11-16)18-7-15(4-5-17(13)18)28-19-23-9-14(20)10-24-19/h2-7,9-12,21H,8H2,1H3. The molecular formula is C19H16FN5O3S. The van der Waals surface area contributed by atoms with Crippen molar-refractivity contribution < 1.29 is 17.5 Å². The largest absolute Gasteiger partial charge is 0.424 e. The number of hydrogen-bond donors (Lipinski definition) is 1. The van der Waals surface area contributed by atoms with Crippen molar-refractivity contribution in [2.24, 2.45) is 0 Å². The van der Waals surface area contributed by atoms with Crippen LogP contribution in [0.25, 0.3) is 10.9 Å². The first kappa shape index (κ1) is 19.0. The number of hydrogen-bond acceptors (Lipinski definition) is 7. The molecule has 0 aliphatic rings. The van der Waals surface area contributed by atoms with Gasteiger partial charge in [0.25, 0.3) is 10.0 Å². The molecule has 4 rings (SSSR count). The summed E-state index contributed by atoms with van der Waals surface area (Å²) in [5.74, 6) is -0.262. The molecule has 8 nitrogen and oxygen atoms in total. The Morgan fingerprint density at radius 1 is 1.17 bits per heavy atom. The quantitative estimate of drug-likeness (QED) is 0.519. The number of nitrogens with one attached hydrogen (secondary N) is 1. The highest BCUT2D eigenvalue weighted by Crippen LogP contribution is 2.30. The molecule has 0 fully saturated rings. The van der Waals surface area contributed by atoms with Crippen LogP contribution in [0, 0.1) is 5.82 Å². The summed E-state index contributed by atoms with van der Waals surface area (Å²) in [5.41, 5.74) is 1.23. The summed E-state index contributed by atoms with van der Waals surface area (Å²) < 4.78 is 46.1. The third kappa shape index (κ3) is 3.67. The number of fused-ring (bicyclic) bond motifs is 1. The first-order valence-electron chi connectivity index (χ1n) is 8.58. The van der Waals surface area contributed by atoms with Crippen LogP contribution in [0.1, 0.15) is 5.56 Å². The third-order valence-corrected chi connectivity index (χ3v) is 5.85. The van der Waals surface area contributed by atoms with E-state index < -0.39 is 15.8 Å². The number of rotatable bonds is 6. The minimum atomic E-state index is -3.87. The minimum absolute atomic E-state index is 0.0468. The lowest BCUT2D eigenvalue weighted by molar-refractivity contribution is 0.436. The van der Waals surface area contributed by atoms with Crippen molar-refractivity contribution in [1.29, 1.82) is 0 Å². The second-order valence-corrected chi connectivity index (χ2v) is 7.95. The van der Waals surface area contributed by atoms with E-state index in [4.69, 9.17) is 4.74 Å². The first-order valence-corrected chi connectivity index (χ1v) is 10.0. The molecule has 0 unspecified atom stereocenters. The van der Waals surface area contributed by atoms with Crippen molar-refractivity contribution >= 4 is 20.9 Å². The molecule has 1 aromatic carbocycles. The molecule has 148 valence electrons. The van der Waals surface area contributed by atoms with Gasteiger partial charge in [0.2, 0.25) is 0 Å². The predicted octanol–water partition coefficient (Wildman–Crippen LogP) is 2.71. The molecule has 29 heavy (non-hydrogen) atoms. The summed E-state index contributed by atoms with van der Waals surface area (Å²) in [7, 11) is -2.09. The molecule has 0 saturated heterocycles. The van der Waals surface area contributed by atoms with E-state index >= 15 is 0 Å². The van der Waals surface area contributed by atoms with Crippen LogP contribution in [0.15, 0.2) is 66.2 Å². The van der Waals surface area contributed by atoms with Gasteiger partial charge in [-0.25, -0.2) is 26.7 Å². The first-order chi connectivity index (χ1) is 14.0. The Morgan fingerprint density at radius 2 is 1.97 bits per heavy atom. The number of halogens is 1. The van der Waals surface area contributed by atoms with Gasteiger partial charge in [-0.3, -0.25) is 4.98 Å². The van der Waals surface area contributed by atoms with Crippen LogP contribution in [-0.2, 0) is 16.6 Å². The van der Waals surface area contributed by atoms with Gasteiger partial charge >= 0.3 is 6.01 Å². The molecule has 10 heteroatoms. The van der Waals surface area contributed by atoms with Crippen LogP contribution >= 0.6 is 0 Å². The van der Waals surface area contributed by atoms with Crippen molar-refractivity contribution in [1.82, 2.24) is 24.2 Å². The van der Waals surface area contributed by atoms with E-state index in [2.05, 4.69) is 20.3 Å². The van der Waals surface area contributed by atoms with Crippen molar-refractivity contribution in [3.8, 4) is 11.8 Å². The summed E-state index contributed by atoms with van der Waals surface area (Å²) in [5, 5.41) is 3.78. The predicted molar refractivity (Wildman–Crippen MR) is 104 cm³/mol. The normalized spacial score (nSPS) is 11.7. The van der Waals surface area contributed by atoms with Gasteiger partial charge in [-0.15, -0.1) is 0 Å². The Morgan fingerprint density at radius 3 is 2.66 bits per heavy atom. The van der Waals surface area contributed by atoms with Crippen molar-refractivity contribution in [2.75, 3.05) is 7.05 Å². The zero-order valence-corrected chi connectivity index (χ0v) is 16.1. The van der Waals surface area contributed by atoms with E-state index in [9.17, 15) is 12.8 Å². The number of pyridine rings is 1. The van der Waals surface area contributed by atoms with E-state index in [-0.39, 0.29) is 10.9 Å². The van der Waals surface area contributed by atoms with Gasteiger partial charge in [0.05, 0.1) is 17.9 Å². The van der Waals surface area contributed by atoms with Gasteiger partial charge in [0.15, 0.2) is 5.82 Å². The average molecular weight is 413 g/mol. The van der Waals surface area contributed by atoms with Gasteiger partial charge in [0.1, 0.15) is 10.6 Å². The molecule has 0 aliphatic heterocycles. The monoisotopic (exact) mass is 413 g/mol. The van der Waals surface area contributed by atoms with E-state index in [1.807, 2.05) is 0 Å². The molecule has 0 radical (unpaired) electrons. The number of nitrogens with zero attached hydrogens (tertiary/aromatic N) is 4. The van der Waals surface area contributed by atoms with Crippen LogP contribution in [-0.4, -0.2) is 34.4 Å². The molecule has 3 heterocycles. The molecule has 3 aromatic heterocycles. The van der Waals surface area contributed by atoms with E-state index in [1.54, 1.807) is 37.5 Å². The van der Waals surface area contributed by atoms with Gasteiger partial charge in [-0.2, -0.15) is 0 Å². The molecule has 1 N–H and O–H groups in total. The lowest BCUT2D eigenvalue weighted by Gasteiger charge is -2.08.